The molecule has 1 aliphatic heterocycles. The molecule has 1 aromatic carbocycles. The number of benzene rings is 1. The van der Waals surface area contributed by atoms with E-state index in [0.717, 1.165) is 43.6 Å². The SMILES string of the molecule is O=C(NCc1ccc(Cl)cc1Cl)N1CCC(Cc2ccccn2)CC1. The van der Waals surface area contributed by atoms with Crippen LogP contribution >= 0.6 is 23.2 Å². The van der Waals surface area contributed by atoms with Gasteiger partial charge in [-0.2, -0.15) is 0 Å². The molecule has 25 heavy (non-hydrogen) atoms. The molecule has 1 aromatic heterocycles. The van der Waals surface area contributed by atoms with Gasteiger partial charge in [-0.05, 0) is 55.0 Å². The summed E-state index contributed by atoms with van der Waals surface area (Å²) in [6, 6.07) is 11.3. The van der Waals surface area contributed by atoms with Gasteiger partial charge in [0.1, 0.15) is 0 Å². The minimum absolute atomic E-state index is 0.0395. The third-order valence-corrected chi connectivity index (χ3v) is 5.16. The molecule has 4 nitrogen and oxygen atoms in total. The molecule has 132 valence electrons. The predicted octanol–water partition coefficient (Wildman–Crippen LogP) is 4.55. The van der Waals surface area contributed by atoms with Crippen LogP contribution in [0.4, 0.5) is 4.79 Å². The Bertz CT molecular complexity index is 716. The predicted molar refractivity (Wildman–Crippen MR) is 101 cm³/mol. The molecule has 3 rings (SSSR count). The van der Waals surface area contributed by atoms with Crippen LogP contribution in [0.15, 0.2) is 42.6 Å². The molecule has 0 unspecified atom stereocenters. The standard InChI is InChI=1S/C19H21Cl2N3O/c20-16-5-4-15(18(21)12-16)13-23-19(25)24-9-6-14(7-10-24)11-17-3-1-2-8-22-17/h1-5,8,12,14H,6-7,9-11,13H2,(H,23,25). The summed E-state index contributed by atoms with van der Waals surface area (Å²) < 4.78 is 0. The second kappa shape index (κ2) is 8.54. The Hall–Kier alpha value is -1.78. The minimum Gasteiger partial charge on any atom is -0.334 e. The fourth-order valence-corrected chi connectivity index (χ4v) is 3.58. The maximum atomic E-state index is 12.3. The largest absolute Gasteiger partial charge is 0.334 e. The highest BCUT2D eigenvalue weighted by molar-refractivity contribution is 6.35. The van der Waals surface area contributed by atoms with Crippen LogP contribution in [-0.4, -0.2) is 29.0 Å². The fourth-order valence-electron chi connectivity index (χ4n) is 3.10. The number of rotatable bonds is 4. The number of nitrogens with one attached hydrogen (secondary N) is 1. The quantitative estimate of drug-likeness (QED) is 0.848. The van der Waals surface area contributed by atoms with Crippen LogP contribution in [0.25, 0.3) is 0 Å². The number of urea groups is 1. The molecule has 1 aliphatic rings. The van der Waals surface area contributed by atoms with E-state index in [1.807, 2.05) is 29.3 Å². The number of nitrogens with zero attached hydrogens (tertiary/aromatic N) is 2. The van der Waals surface area contributed by atoms with Gasteiger partial charge in [-0.15, -0.1) is 0 Å². The van der Waals surface area contributed by atoms with Gasteiger partial charge in [0.25, 0.3) is 0 Å². The van der Waals surface area contributed by atoms with Crippen LogP contribution in [0.5, 0.6) is 0 Å². The third kappa shape index (κ3) is 5.10. The lowest BCUT2D eigenvalue weighted by Gasteiger charge is -2.32. The average Bonchev–Trinajstić information content (AvgIpc) is 2.62. The number of hydrogen-bond donors (Lipinski definition) is 1. The van der Waals surface area contributed by atoms with Gasteiger partial charge in [-0.25, -0.2) is 4.79 Å². The molecule has 0 spiro atoms. The monoisotopic (exact) mass is 377 g/mol. The number of carbonyl (C=O) groups excluding carboxylic acids is 1. The van der Waals surface area contributed by atoms with Crippen molar-refractivity contribution < 1.29 is 4.79 Å². The van der Waals surface area contributed by atoms with Gasteiger partial charge >= 0.3 is 6.03 Å². The van der Waals surface area contributed by atoms with Crippen LogP contribution < -0.4 is 5.32 Å². The molecule has 1 fully saturated rings. The molecule has 0 radical (unpaired) electrons. The number of piperidine rings is 1. The molecule has 6 heteroatoms. The summed E-state index contributed by atoms with van der Waals surface area (Å²) in [5, 5.41) is 4.10. The normalized spacial score (nSPS) is 15.2. The number of pyridine rings is 1. The Morgan fingerprint density at radius 3 is 2.68 bits per heavy atom. The van der Waals surface area contributed by atoms with Gasteiger partial charge < -0.3 is 10.2 Å². The maximum Gasteiger partial charge on any atom is 0.317 e. The summed E-state index contributed by atoms with van der Waals surface area (Å²) in [6.45, 7) is 1.96. The number of halogens is 2. The van der Waals surface area contributed by atoms with E-state index in [9.17, 15) is 4.79 Å². The first-order valence-corrected chi connectivity index (χ1v) is 9.24. The van der Waals surface area contributed by atoms with Gasteiger partial charge in [-0.1, -0.05) is 35.3 Å². The molecule has 2 amide bonds. The first-order valence-electron chi connectivity index (χ1n) is 8.48. The van der Waals surface area contributed by atoms with E-state index in [-0.39, 0.29) is 6.03 Å². The molecule has 0 saturated carbocycles. The molecule has 2 aromatic rings. The molecule has 0 atom stereocenters. The minimum atomic E-state index is -0.0395. The topological polar surface area (TPSA) is 45.2 Å². The first kappa shape index (κ1) is 18.0. The number of hydrogen-bond acceptors (Lipinski definition) is 2. The molecule has 2 heterocycles. The van der Waals surface area contributed by atoms with E-state index in [2.05, 4.69) is 16.4 Å². The smallest absolute Gasteiger partial charge is 0.317 e. The zero-order valence-electron chi connectivity index (χ0n) is 13.9. The van der Waals surface area contributed by atoms with Crippen LogP contribution in [0.1, 0.15) is 24.1 Å². The Kier molecular flexibility index (Phi) is 6.16. The van der Waals surface area contributed by atoms with Gasteiger partial charge in [0.2, 0.25) is 0 Å². The number of amides is 2. The Balaban J connectivity index is 1.45. The van der Waals surface area contributed by atoms with Crippen molar-refractivity contribution in [2.24, 2.45) is 5.92 Å². The lowest BCUT2D eigenvalue weighted by molar-refractivity contribution is 0.170. The van der Waals surface area contributed by atoms with Gasteiger partial charge in [-0.3, -0.25) is 4.98 Å². The van der Waals surface area contributed by atoms with E-state index in [0.29, 0.717) is 22.5 Å². The van der Waals surface area contributed by atoms with Crippen LogP contribution in [0, 0.1) is 5.92 Å². The van der Waals surface area contributed by atoms with Crippen LogP contribution in [0.3, 0.4) is 0 Å². The third-order valence-electron chi connectivity index (χ3n) is 4.57. The maximum absolute atomic E-state index is 12.3. The van der Waals surface area contributed by atoms with Crippen molar-refractivity contribution in [2.75, 3.05) is 13.1 Å². The van der Waals surface area contributed by atoms with Crippen molar-refractivity contribution in [1.82, 2.24) is 15.2 Å². The number of likely N-dealkylation sites (tertiary alicyclic amines) is 1. The zero-order chi connectivity index (χ0) is 17.6. The molecule has 0 aliphatic carbocycles. The summed E-state index contributed by atoms with van der Waals surface area (Å²) in [5.74, 6) is 0.588. The second-order valence-corrected chi connectivity index (χ2v) is 7.19. The van der Waals surface area contributed by atoms with Crippen molar-refractivity contribution in [2.45, 2.75) is 25.8 Å². The summed E-state index contributed by atoms with van der Waals surface area (Å²) in [7, 11) is 0. The van der Waals surface area contributed by atoms with Crippen LogP contribution in [0.2, 0.25) is 10.0 Å². The van der Waals surface area contributed by atoms with Crippen molar-refractivity contribution in [3.05, 3.63) is 63.9 Å². The summed E-state index contributed by atoms with van der Waals surface area (Å²) in [6.07, 6.45) is 4.83. The Morgan fingerprint density at radius 2 is 2.00 bits per heavy atom. The lowest BCUT2D eigenvalue weighted by atomic mass is 9.92. The molecule has 1 N–H and O–H groups in total. The van der Waals surface area contributed by atoms with E-state index in [1.165, 1.54) is 0 Å². The number of aromatic nitrogens is 1. The van der Waals surface area contributed by atoms with Crippen molar-refractivity contribution in [3.8, 4) is 0 Å². The molecule has 0 bridgehead atoms. The second-order valence-electron chi connectivity index (χ2n) is 6.35. The van der Waals surface area contributed by atoms with Gasteiger partial charge in [0.05, 0.1) is 0 Å². The van der Waals surface area contributed by atoms with E-state index in [4.69, 9.17) is 23.2 Å². The fraction of sp³-hybridized carbons (Fsp3) is 0.368. The highest BCUT2D eigenvalue weighted by atomic mass is 35.5. The molecular weight excluding hydrogens is 357 g/mol. The zero-order valence-corrected chi connectivity index (χ0v) is 15.4. The summed E-state index contributed by atoms with van der Waals surface area (Å²) >= 11 is 12.0. The molecule has 1 saturated heterocycles. The van der Waals surface area contributed by atoms with Crippen molar-refractivity contribution >= 4 is 29.2 Å². The highest BCUT2D eigenvalue weighted by Crippen LogP contribution is 2.22. The van der Waals surface area contributed by atoms with Crippen molar-refractivity contribution in [3.63, 3.8) is 0 Å². The van der Waals surface area contributed by atoms with Gasteiger partial charge in [0.15, 0.2) is 0 Å². The van der Waals surface area contributed by atoms with Gasteiger partial charge in [0, 0.05) is 41.6 Å². The summed E-state index contributed by atoms with van der Waals surface area (Å²) in [4.78, 5) is 18.6. The molecular formula is C19H21Cl2N3O. The van der Waals surface area contributed by atoms with Crippen LogP contribution in [-0.2, 0) is 13.0 Å². The van der Waals surface area contributed by atoms with E-state index < -0.39 is 0 Å². The highest BCUT2D eigenvalue weighted by Gasteiger charge is 2.23. The number of carbonyl (C=O) groups is 1. The van der Waals surface area contributed by atoms with Crippen molar-refractivity contribution in [1.29, 1.82) is 0 Å². The Labute approximate surface area is 158 Å². The summed E-state index contributed by atoms with van der Waals surface area (Å²) in [5.41, 5.74) is 1.99. The van der Waals surface area contributed by atoms with E-state index in [1.54, 1.807) is 12.1 Å². The van der Waals surface area contributed by atoms with E-state index >= 15 is 0 Å². The Morgan fingerprint density at radius 1 is 1.20 bits per heavy atom. The first-order chi connectivity index (χ1) is 12.1. The average molecular weight is 378 g/mol. The lowest BCUT2D eigenvalue weighted by Crippen LogP contribution is -2.44.